The maximum absolute atomic E-state index is 13.7. The van der Waals surface area contributed by atoms with Gasteiger partial charge in [-0.3, -0.25) is 4.79 Å². The average Bonchev–Trinajstić information content (AvgIpc) is 2.38. The Morgan fingerprint density at radius 1 is 1.43 bits per heavy atom. The van der Waals surface area contributed by atoms with E-state index in [4.69, 9.17) is 10.5 Å². The smallest absolute Gasteiger partial charge is 0.228 e. The Kier molecular flexibility index (Phi) is 6.15. The van der Waals surface area contributed by atoms with Gasteiger partial charge in [-0.15, -0.1) is 0 Å². The molecule has 1 amide bonds. The average molecular weight is 296 g/mol. The van der Waals surface area contributed by atoms with Gasteiger partial charge >= 0.3 is 0 Å². The summed E-state index contributed by atoms with van der Waals surface area (Å²) in [5.74, 6) is -0.786. The molecule has 0 fully saturated rings. The molecule has 1 aromatic carbocycles. The topological polar surface area (TPSA) is 64.3 Å². The molecule has 0 radical (unpaired) electrons. The highest BCUT2D eigenvalue weighted by molar-refractivity contribution is 5.92. The summed E-state index contributed by atoms with van der Waals surface area (Å²) in [7, 11) is 0. The fourth-order valence-electron chi connectivity index (χ4n) is 2.12. The van der Waals surface area contributed by atoms with Crippen LogP contribution in [-0.2, 0) is 4.79 Å². The van der Waals surface area contributed by atoms with E-state index in [1.54, 1.807) is 13.0 Å². The van der Waals surface area contributed by atoms with Crippen LogP contribution in [0.3, 0.4) is 0 Å². The first-order valence-corrected chi connectivity index (χ1v) is 7.20. The van der Waals surface area contributed by atoms with Crippen molar-refractivity contribution in [2.24, 2.45) is 17.1 Å². The maximum atomic E-state index is 13.7. The molecule has 0 aromatic heterocycles. The number of carbonyl (C=O) groups excluding carboxylic acids is 1. The second-order valence-electron chi connectivity index (χ2n) is 6.26. The van der Waals surface area contributed by atoms with Crippen LogP contribution in [0.4, 0.5) is 10.1 Å². The van der Waals surface area contributed by atoms with Crippen molar-refractivity contribution in [3.63, 3.8) is 0 Å². The van der Waals surface area contributed by atoms with Gasteiger partial charge in [0, 0.05) is 18.3 Å². The maximum Gasteiger partial charge on any atom is 0.228 e. The van der Waals surface area contributed by atoms with E-state index in [9.17, 15) is 9.18 Å². The predicted octanol–water partition coefficient (Wildman–Crippen LogP) is 3.17. The second kappa shape index (κ2) is 7.41. The summed E-state index contributed by atoms with van der Waals surface area (Å²) in [5, 5.41) is 2.71. The number of hydrogen-bond acceptors (Lipinski definition) is 3. The van der Waals surface area contributed by atoms with Gasteiger partial charge in [-0.05, 0) is 30.9 Å². The van der Waals surface area contributed by atoms with Crippen molar-refractivity contribution in [2.45, 2.75) is 34.1 Å². The molecule has 1 aromatic rings. The number of hydrogen-bond donors (Lipinski definition) is 2. The number of carbonyl (C=O) groups is 1. The van der Waals surface area contributed by atoms with Gasteiger partial charge in [-0.25, -0.2) is 4.39 Å². The molecule has 0 aliphatic heterocycles. The lowest BCUT2D eigenvalue weighted by Crippen LogP contribution is -2.32. The first kappa shape index (κ1) is 17.4. The third kappa shape index (κ3) is 5.71. The van der Waals surface area contributed by atoms with Gasteiger partial charge in [0.2, 0.25) is 5.91 Å². The second-order valence-corrected chi connectivity index (χ2v) is 6.26. The number of nitrogens with one attached hydrogen (secondary N) is 1. The van der Waals surface area contributed by atoms with E-state index in [2.05, 4.69) is 26.1 Å². The van der Waals surface area contributed by atoms with Crippen molar-refractivity contribution in [1.82, 2.24) is 0 Å². The molecule has 1 rings (SSSR count). The van der Waals surface area contributed by atoms with E-state index in [0.717, 1.165) is 0 Å². The Morgan fingerprint density at radius 2 is 2.10 bits per heavy atom. The minimum absolute atomic E-state index is 0.00541. The fraction of sp³-hybridized carbons (Fsp3) is 0.562. The van der Waals surface area contributed by atoms with Gasteiger partial charge in [-0.1, -0.05) is 20.8 Å². The normalized spacial score (nSPS) is 12.9. The summed E-state index contributed by atoms with van der Waals surface area (Å²) >= 11 is 0. The van der Waals surface area contributed by atoms with E-state index < -0.39 is 5.82 Å². The molecule has 5 heteroatoms. The first-order valence-electron chi connectivity index (χ1n) is 7.20. The molecule has 0 bridgehead atoms. The highest BCUT2D eigenvalue weighted by Crippen LogP contribution is 2.26. The van der Waals surface area contributed by atoms with Gasteiger partial charge in [0.15, 0.2) is 11.6 Å². The van der Waals surface area contributed by atoms with Crippen LogP contribution in [0.15, 0.2) is 18.2 Å². The molecular weight excluding hydrogens is 271 g/mol. The molecule has 4 nitrogen and oxygen atoms in total. The van der Waals surface area contributed by atoms with Crippen LogP contribution < -0.4 is 15.8 Å². The Hall–Kier alpha value is -1.62. The van der Waals surface area contributed by atoms with Crippen molar-refractivity contribution in [1.29, 1.82) is 0 Å². The number of rotatable bonds is 6. The highest BCUT2D eigenvalue weighted by atomic mass is 19.1. The van der Waals surface area contributed by atoms with Crippen LogP contribution in [0.2, 0.25) is 0 Å². The minimum Gasteiger partial charge on any atom is -0.491 e. The van der Waals surface area contributed by atoms with Gasteiger partial charge in [0.05, 0.1) is 12.5 Å². The summed E-state index contributed by atoms with van der Waals surface area (Å²) in [4.78, 5) is 12.2. The van der Waals surface area contributed by atoms with Gasteiger partial charge in [0.25, 0.3) is 0 Å². The molecule has 1 unspecified atom stereocenters. The van der Waals surface area contributed by atoms with Gasteiger partial charge in [0.1, 0.15) is 0 Å². The van der Waals surface area contributed by atoms with Crippen LogP contribution >= 0.6 is 0 Å². The molecule has 0 aliphatic carbocycles. The third-order valence-electron chi connectivity index (χ3n) is 3.01. The number of ether oxygens (including phenoxy) is 1. The van der Waals surface area contributed by atoms with Crippen molar-refractivity contribution in [2.75, 3.05) is 18.5 Å². The van der Waals surface area contributed by atoms with Gasteiger partial charge in [-0.2, -0.15) is 0 Å². The number of amides is 1. The first-order chi connectivity index (χ1) is 9.76. The molecule has 0 saturated carbocycles. The Bertz CT molecular complexity index is 484. The van der Waals surface area contributed by atoms with Crippen LogP contribution in [0.25, 0.3) is 0 Å². The number of nitrogens with two attached hydrogens (primary N) is 1. The van der Waals surface area contributed by atoms with Gasteiger partial charge < -0.3 is 15.8 Å². The molecule has 0 saturated heterocycles. The molecule has 0 heterocycles. The van der Waals surface area contributed by atoms with Crippen LogP contribution in [0.1, 0.15) is 34.1 Å². The summed E-state index contributed by atoms with van der Waals surface area (Å²) in [5.41, 5.74) is 6.09. The van der Waals surface area contributed by atoms with E-state index in [1.807, 2.05) is 0 Å². The zero-order valence-corrected chi connectivity index (χ0v) is 13.2. The Balaban J connectivity index is 2.75. The lowest BCUT2D eigenvalue weighted by atomic mass is 9.84. The minimum atomic E-state index is -0.491. The summed E-state index contributed by atoms with van der Waals surface area (Å²) < 4.78 is 18.9. The van der Waals surface area contributed by atoms with Crippen LogP contribution in [-0.4, -0.2) is 19.1 Å². The Morgan fingerprint density at radius 3 is 2.57 bits per heavy atom. The number of anilines is 1. The highest BCUT2D eigenvalue weighted by Gasteiger charge is 2.24. The van der Waals surface area contributed by atoms with Crippen molar-refractivity contribution in [3.8, 4) is 5.75 Å². The van der Waals surface area contributed by atoms with E-state index in [0.29, 0.717) is 18.7 Å². The molecule has 3 N–H and O–H groups in total. The molecule has 118 valence electrons. The predicted molar refractivity (Wildman–Crippen MR) is 82.8 cm³/mol. The molecule has 21 heavy (non-hydrogen) atoms. The third-order valence-corrected chi connectivity index (χ3v) is 3.01. The molecule has 0 spiro atoms. The standard InChI is InChI=1S/C16H25FN2O2/c1-5-21-14-7-6-12(8-13(14)17)19-15(20)11(10-18)9-16(2,3)4/h6-8,11H,5,9-10,18H2,1-4H3,(H,19,20). The van der Waals surface area contributed by atoms with Crippen molar-refractivity contribution >= 4 is 11.6 Å². The monoisotopic (exact) mass is 296 g/mol. The number of halogens is 1. The summed E-state index contributed by atoms with van der Waals surface area (Å²) in [6.07, 6.45) is 0.675. The zero-order chi connectivity index (χ0) is 16.0. The molecule has 1 atom stereocenters. The van der Waals surface area contributed by atoms with E-state index >= 15 is 0 Å². The lowest BCUT2D eigenvalue weighted by Gasteiger charge is -2.24. The largest absolute Gasteiger partial charge is 0.491 e. The summed E-state index contributed by atoms with van der Waals surface area (Å²) in [6.45, 7) is 8.61. The SMILES string of the molecule is CCOc1ccc(NC(=O)C(CN)CC(C)(C)C)cc1F. The lowest BCUT2D eigenvalue weighted by molar-refractivity contribution is -0.120. The fourth-order valence-corrected chi connectivity index (χ4v) is 2.12. The molecular formula is C16H25FN2O2. The number of benzene rings is 1. The zero-order valence-electron chi connectivity index (χ0n) is 13.2. The quantitative estimate of drug-likeness (QED) is 0.847. The van der Waals surface area contributed by atoms with Crippen LogP contribution in [0, 0.1) is 17.2 Å². The molecule has 0 aliphatic rings. The van der Waals surface area contributed by atoms with Crippen molar-refractivity contribution < 1.29 is 13.9 Å². The van der Waals surface area contributed by atoms with E-state index in [1.165, 1.54) is 12.1 Å². The van der Waals surface area contributed by atoms with Crippen molar-refractivity contribution in [3.05, 3.63) is 24.0 Å². The summed E-state index contributed by atoms with van der Waals surface area (Å²) in [6, 6.07) is 4.39. The van der Waals surface area contributed by atoms with Crippen LogP contribution in [0.5, 0.6) is 5.75 Å². The Labute approximate surface area is 125 Å². The van der Waals surface area contributed by atoms with E-state index in [-0.39, 0.29) is 29.5 Å².